The van der Waals surface area contributed by atoms with Gasteiger partial charge in [-0.3, -0.25) is 4.52 Å². The van der Waals surface area contributed by atoms with E-state index in [1.807, 2.05) is 12.1 Å². The zero-order valence-electron chi connectivity index (χ0n) is 20.1. The molecular formula is C27H39O4P. The fourth-order valence-electron chi connectivity index (χ4n) is 4.04. The van der Waals surface area contributed by atoms with Gasteiger partial charge in [0.25, 0.3) is 0 Å². The number of allylic oxidation sites excluding steroid dienone is 7. The van der Waals surface area contributed by atoms with Crippen molar-refractivity contribution in [3.8, 4) is 11.5 Å². The molecule has 0 fully saturated rings. The summed E-state index contributed by atoms with van der Waals surface area (Å²) in [5.41, 5.74) is 3.00. The second kappa shape index (κ2) is 12.9. The Balaban J connectivity index is 2.53. The minimum Gasteiger partial charge on any atom is -0.507 e. The predicted molar refractivity (Wildman–Crippen MR) is 135 cm³/mol. The van der Waals surface area contributed by atoms with Crippen LogP contribution in [0.1, 0.15) is 83.3 Å². The SMILES string of the molecule is C=C/C=C\C=C(/C)P(=O)(OCC)Oc1cc(CCCCC)cc(O)c1C1C=C(C)CCC1. The minimum atomic E-state index is -3.59. The van der Waals surface area contributed by atoms with E-state index in [-0.39, 0.29) is 18.3 Å². The summed E-state index contributed by atoms with van der Waals surface area (Å²) in [6.07, 6.45) is 16.3. The van der Waals surface area contributed by atoms with Gasteiger partial charge in [0.2, 0.25) is 0 Å². The molecule has 1 aromatic rings. The number of hydrogen-bond donors (Lipinski definition) is 1. The van der Waals surface area contributed by atoms with Crippen LogP contribution in [0.3, 0.4) is 0 Å². The van der Waals surface area contributed by atoms with Crippen LogP contribution in [-0.4, -0.2) is 11.7 Å². The number of unbranched alkanes of at least 4 members (excludes halogenated alkanes) is 2. The lowest BCUT2D eigenvalue weighted by atomic mass is 9.84. The summed E-state index contributed by atoms with van der Waals surface area (Å²) in [5, 5.41) is 11.5. The first-order valence-corrected chi connectivity index (χ1v) is 13.3. The first kappa shape index (κ1) is 26.2. The van der Waals surface area contributed by atoms with Gasteiger partial charge in [-0.25, -0.2) is 4.57 Å². The van der Waals surface area contributed by atoms with Gasteiger partial charge in [-0.1, -0.05) is 62.3 Å². The average molecular weight is 459 g/mol. The fraction of sp³-hybridized carbons (Fsp3) is 0.481. The molecule has 1 aromatic carbocycles. The van der Waals surface area contributed by atoms with Crippen molar-refractivity contribution in [1.29, 1.82) is 0 Å². The van der Waals surface area contributed by atoms with Gasteiger partial charge in [0.15, 0.2) is 0 Å². The van der Waals surface area contributed by atoms with Crippen LogP contribution in [0.4, 0.5) is 0 Å². The van der Waals surface area contributed by atoms with Crippen LogP contribution < -0.4 is 4.52 Å². The van der Waals surface area contributed by atoms with E-state index in [9.17, 15) is 9.67 Å². The number of phenols is 1. The van der Waals surface area contributed by atoms with E-state index >= 15 is 0 Å². The fourth-order valence-corrected chi connectivity index (χ4v) is 5.46. The standard InChI is InChI=1S/C27H39O4P/c1-6-9-11-15-22(5)32(29,30-8-3)31-26-20-23(16-12-10-7-2)19-25(28)27(26)24-17-13-14-21(4)18-24/h6,9,11,15,18-20,24,28H,1,7-8,10,12-14,16-17H2,2-5H3/b11-9-,22-15+. The molecule has 0 bridgehead atoms. The second-order valence-corrected chi connectivity index (χ2v) is 10.6. The Labute approximate surface area is 194 Å². The Bertz CT molecular complexity index is 910. The van der Waals surface area contributed by atoms with Crippen molar-refractivity contribution in [1.82, 2.24) is 0 Å². The monoisotopic (exact) mass is 458 g/mol. The van der Waals surface area contributed by atoms with E-state index in [4.69, 9.17) is 9.05 Å². The van der Waals surface area contributed by atoms with Crippen molar-refractivity contribution < 1.29 is 18.7 Å². The van der Waals surface area contributed by atoms with Crippen LogP contribution in [0.15, 0.2) is 60.0 Å². The van der Waals surface area contributed by atoms with Gasteiger partial charge in [0.05, 0.1) is 11.9 Å². The van der Waals surface area contributed by atoms with Crippen molar-refractivity contribution in [2.75, 3.05) is 6.61 Å². The van der Waals surface area contributed by atoms with E-state index in [0.29, 0.717) is 16.6 Å². The Hall–Kier alpha value is -2.03. The molecule has 0 spiro atoms. The maximum atomic E-state index is 13.8. The van der Waals surface area contributed by atoms with Gasteiger partial charge in [-0.15, -0.1) is 0 Å². The molecule has 0 radical (unpaired) electrons. The molecule has 1 aliphatic carbocycles. The van der Waals surface area contributed by atoms with Crippen molar-refractivity contribution in [3.63, 3.8) is 0 Å². The van der Waals surface area contributed by atoms with E-state index in [2.05, 4.69) is 26.5 Å². The molecule has 1 N–H and O–H groups in total. The van der Waals surface area contributed by atoms with Crippen molar-refractivity contribution in [3.05, 3.63) is 71.1 Å². The molecule has 5 heteroatoms. The largest absolute Gasteiger partial charge is 0.507 e. The highest BCUT2D eigenvalue weighted by Gasteiger charge is 2.32. The lowest BCUT2D eigenvalue weighted by molar-refractivity contribution is 0.284. The number of aryl methyl sites for hydroxylation is 1. The quantitative estimate of drug-likeness (QED) is 0.147. The van der Waals surface area contributed by atoms with E-state index < -0.39 is 7.60 Å². The maximum Gasteiger partial charge on any atom is 0.406 e. The molecule has 0 aliphatic heterocycles. The maximum absolute atomic E-state index is 13.8. The number of hydrogen-bond acceptors (Lipinski definition) is 4. The highest BCUT2D eigenvalue weighted by molar-refractivity contribution is 7.58. The van der Waals surface area contributed by atoms with Crippen LogP contribution >= 0.6 is 7.60 Å². The summed E-state index contributed by atoms with van der Waals surface area (Å²) < 4.78 is 25.7. The van der Waals surface area contributed by atoms with Gasteiger partial charge in [0, 0.05) is 11.5 Å². The Kier molecular flexibility index (Phi) is 10.5. The van der Waals surface area contributed by atoms with Crippen LogP contribution in [0.25, 0.3) is 0 Å². The molecule has 0 saturated heterocycles. The molecule has 2 atom stereocenters. The zero-order chi connectivity index (χ0) is 23.6. The van der Waals surface area contributed by atoms with Gasteiger partial charge >= 0.3 is 7.60 Å². The summed E-state index contributed by atoms with van der Waals surface area (Å²) in [4.78, 5) is 0. The minimum absolute atomic E-state index is 0.0310. The lowest BCUT2D eigenvalue weighted by Crippen LogP contribution is -2.07. The molecule has 0 amide bonds. The van der Waals surface area contributed by atoms with Crippen LogP contribution in [0.5, 0.6) is 11.5 Å². The first-order valence-electron chi connectivity index (χ1n) is 11.8. The summed E-state index contributed by atoms with van der Waals surface area (Å²) in [5.74, 6) is 0.703. The summed E-state index contributed by atoms with van der Waals surface area (Å²) >= 11 is 0. The predicted octanol–water partition coefficient (Wildman–Crippen LogP) is 8.59. The van der Waals surface area contributed by atoms with Crippen LogP contribution in [0.2, 0.25) is 0 Å². The number of benzene rings is 1. The summed E-state index contributed by atoms with van der Waals surface area (Å²) in [6.45, 7) is 11.8. The molecule has 176 valence electrons. The van der Waals surface area contributed by atoms with Crippen LogP contribution in [-0.2, 0) is 15.5 Å². The second-order valence-electron chi connectivity index (χ2n) is 8.43. The van der Waals surface area contributed by atoms with Crippen LogP contribution in [0, 0.1) is 0 Å². The first-order chi connectivity index (χ1) is 15.3. The summed E-state index contributed by atoms with van der Waals surface area (Å²) in [6, 6.07) is 3.79. The highest BCUT2D eigenvalue weighted by atomic mass is 31.2. The highest BCUT2D eigenvalue weighted by Crippen LogP contribution is 2.57. The molecule has 32 heavy (non-hydrogen) atoms. The van der Waals surface area contributed by atoms with E-state index in [1.165, 1.54) is 5.57 Å². The molecule has 0 saturated carbocycles. The Morgan fingerprint density at radius 2 is 2.06 bits per heavy atom. The van der Waals surface area contributed by atoms with Crippen molar-refractivity contribution in [2.24, 2.45) is 0 Å². The smallest absolute Gasteiger partial charge is 0.406 e. The zero-order valence-corrected chi connectivity index (χ0v) is 21.0. The molecular weight excluding hydrogens is 419 g/mol. The average Bonchev–Trinajstić information content (AvgIpc) is 2.74. The third-order valence-electron chi connectivity index (χ3n) is 5.73. The topological polar surface area (TPSA) is 55.8 Å². The number of rotatable bonds is 12. The third kappa shape index (κ3) is 7.25. The van der Waals surface area contributed by atoms with Gasteiger partial charge in [0.1, 0.15) is 11.5 Å². The van der Waals surface area contributed by atoms with Crippen molar-refractivity contribution in [2.45, 2.75) is 78.6 Å². The third-order valence-corrected chi connectivity index (χ3v) is 7.77. The molecule has 4 nitrogen and oxygen atoms in total. The molecule has 2 rings (SSSR count). The number of phenolic OH excluding ortho intramolecular Hbond substituents is 1. The molecule has 0 heterocycles. The molecule has 1 aliphatic rings. The van der Waals surface area contributed by atoms with Gasteiger partial charge < -0.3 is 9.63 Å². The lowest BCUT2D eigenvalue weighted by Gasteiger charge is -2.26. The molecule has 2 unspecified atom stereocenters. The molecule has 0 aromatic heterocycles. The summed E-state index contributed by atoms with van der Waals surface area (Å²) in [7, 11) is -3.59. The normalized spacial score (nSPS) is 18.9. The van der Waals surface area contributed by atoms with E-state index in [0.717, 1.165) is 50.5 Å². The Morgan fingerprint density at radius 3 is 2.72 bits per heavy atom. The van der Waals surface area contributed by atoms with Gasteiger partial charge in [-0.2, -0.15) is 0 Å². The number of aromatic hydroxyl groups is 1. The van der Waals surface area contributed by atoms with E-state index in [1.54, 1.807) is 38.2 Å². The van der Waals surface area contributed by atoms with Gasteiger partial charge in [-0.05, 0) is 70.6 Å². The van der Waals surface area contributed by atoms with Crippen molar-refractivity contribution >= 4 is 7.60 Å². The Morgan fingerprint density at radius 1 is 1.28 bits per heavy atom.